The zero-order valence-electron chi connectivity index (χ0n) is 13.8. The van der Waals surface area contributed by atoms with Crippen molar-refractivity contribution >= 4 is 67.9 Å². The van der Waals surface area contributed by atoms with Crippen LogP contribution in [-0.2, 0) is 6.54 Å². The lowest BCUT2D eigenvalue weighted by atomic mass is 10.2. The molecule has 5 nitrogen and oxygen atoms in total. The molecule has 0 atom stereocenters. The number of carbonyl (C=O) groups excluding carboxylic acids is 1. The van der Waals surface area contributed by atoms with Crippen LogP contribution < -0.4 is 5.32 Å². The van der Waals surface area contributed by atoms with Crippen LogP contribution in [-0.4, -0.2) is 20.6 Å². The fraction of sp³-hybridized carbons (Fsp3) is 0.0526. The average molecular weight is 510 g/mol. The summed E-state index contributed by atoms with van der Waals surface area (Å²) in [6.07, 6.45) is 5.03. The lowest BCUT2D eigenvalue weighted by Crippen LogP contribution is -2.10. The monoisotopic (exact) mass is 509 g/mol. The van der Waals surface area contributed by atoms with Crippen molar-refractivity contribution in [2.45, 2.75) is 6.54 Å². The normalized spacial score (nSPS) is 11.0. The molecule has 0 spiro atoms. The van der Waals surface area contributed by atoms with E-state index in [0.717, 1.165) is 14.5 Å². The fourth-order valence-electron chi connectivity index (χ4n) is 2.86. The number of hydrogen-bond acceptors (Lipinski definition) is 4. The smallest absolute Gasteiger partial charge is 0.265 e. The number of aromatic nitrogens is 2. The first-order chi connectivity index (χ1) is 13.0. The van der Waals surface area contributed by atoms with Crippen molar-refractivity contribution in [3.05, 3.63) is 73.3 Å². The van der Waals surface area contributed by atoms with Gasteiger partial charge in [0.1, 0.15) is 0 Å². The Hall–Kier alpha value is -2.10. The summed E-state index contributed by atoms with van der Waals surface area (Å²) in [7, 11) is 0. The van der Waals surface area contributed by atoms with Gasteiger partial charge in [0, 0.05) is 21.4 Å². The zero-order chi connectivity index (χ0) is 19.0. The van der Waals surface area contributed by atoms with Gasteiger partial charge < -0.3 is 15.0 Å². The number of nitrogens with zero attached hydrogens (tertiary/aromatic N) is 2. The first kappa shape index (κ1) is 18.3. The summed E-state index contributed by atoms with van der Waals surface area (Å²) in [4.78, 5) is 17.1. The van der Waals surface area contributed by atoms with Crippen molar-refractivity contribution in [3.63, 3.8) is 0 Å². The van der Waals surface area contributed by atoms with Crippen LogP contribution in [0.5, 0.6) is 5.88 Å². The Labute approximate surface area is 177 Å². The first-order valence-corrected chi connectivity index (χ1v) is 10.3. The van der Waals surface area contributed by atoms with Gasteiger partial charge in [-0.3, -0.25) is 9.78 Å². The van der Waals surface area contributed by atoms with E-state index in [-0.39, 0.29) is 11.8 Å². The maximum atomic E-state index is 12.4. The molecular formula is C19H13ClIN3O2S. The van der Waals surface area contributed by atoms with Gasteiger partial charge >= 0.3 is 0 Å². The van der Waals surface area contributed by atoms with Crippen molar-refractivity contribution in [1.82, 2.24) is 9.55 Å². The van der Waals surface area contributed by atoms with E-state index >= 15 is 0 Å². The molecule has 3 heterocycles. The molecule has 3 aromatic heterocycles. The standard InChI is InChI=1S/C19H13ClIN3O2S/c20-16-5-4-15(27-16)18(25)23-14-8-22-7-12-10-24(19(26)17(12)14)9-11-2-1-3-13(21)6-11/h1-8,10,26H,9H2,(H,23,25). The van der Waals surface area contributed by atoms with E-state index in [2.05, 4.69) is 39.0 Å². The van der Waals surface area contributed by atoms with Gasteiger partial charge in [-0.15, -0.1) is 11.3 Å². The van der Waals surface area contributed by atoms with Crippen molar-refractivity contribution < 1.29 is 9.90 Å². The number of anilines is 1. The number of halogens is 2. The predicted molar refractivity (Wildman–Crippen MR) is 117 cm³/mol. The Morgan fingerprint density at radius 1 is 1.30 bits per heavy atom. The molecular weight excluding hydrogens is 497 g/mol. The minimum Gasteiger partial charge on any atom is -0.494 e. The fourth-order valence-corrected chi connectivity index (χ4v) is 4.41. The number of hydrogen-bond donors (Lipinski definition) is 2. The van der Waals surface area contributed by atoms with E-state index in [1.807, 2.05) is 24.4 Å². The number of aromatic hydroxyl groups is 1. The molecule has 27 heavy (non-hydrogen) atoms. The molecule has 8 heteroatoms. The number of fused-ring (bicyclic) bond motifs is 1. The number of amides is 1. The Morgan fingerprint density at radius 2 is 2.15 bits per heavy atom. The molecule has 2 N–H and O–H groups in total. The second kappa shape index (κ2) is 7.49. The molecule has 1 aromatic carbocycles. The maximum absolute atomic E-state index is 12.4. The third kappa shape index (κ3) is 3.80. The molecule has 136 valence electrons. The Kier molecular flexibility index (Phi) is 5.07. The van der Waals surface area contributed by atoms with Gasteiger partial charge in [-0.05, 0) is 52.4 Å². The van der Waals surface area contributed by atoms with E-state index < -0.39 is 0 Å². The highest BCUT2D eigenvalue weighted by molar-refractivity contribution is 14.1. The number of thiophene rings is 1. The zero-order valence-corrected chi connectivity index (χ0v) is 17.5. The van der Waals surface area contributed by atoms with Crippen molar-refractivity contribution in [1.29, 1.82) is 0 Å². The lowest BCUT2D eigenvalue weighted by molar-refractivity contribution is 0.103. The molecule has 1 amide bonds. The summed E-state index contributed by atoms with van der Waals surface area (Å²) < 4.78 is 3.42. The number of benzene rings is 1. The van der Waals surface area contributed by atoms with Crippen molar-refractivity contribution in [3.8, 4) is 5.88 Å². The van der Waals surface area contributed by atoms with Gasteiger partial charge in [-0.1, -0.05) is 23.7 Å². The molecule has 0 saturated carbocycles. The number of carbonyl (C=O) groups is 1. The molecule has 0 aliphatic heterocycles. The summed E-state index contributed by atoms with van der Waals surface area (Å²) in [6, 6.07) is 11.4. The van der Waals surface area contributed by atoms with Gasteiger partial charge in [-0.2, -0.15) is 0 Å². The Morgan fingerprint density at radius 3 is 2.89 bits per heavy atom. The van der Waals surface area contributed by atoms with Crippen LogP contribution in [0.1, 0.15) is 15.2 Å². The maximum Gasteiger partial charge on any atom is 0.265 e. The largest absolute Gasteiger partial charge is 0.494 e. The molecule has 0 radical (unpaired) electrons. The van der Waals surface area contributed by atoms with Gasteiger partial charge in [0.25, 0.3) is 5.91 Å². The summed E-state index contributed by atoms with van der Waals surface area (Å²) in [5.74, 6) is -0.197. The third-order valence-corrected chi connectivity index (χ3v) is 5.95. The number of nitrogens with one attached hydrogen (secondary N) is 1. The van der Waals surface area contributed by atoms with E-state index in [4.69, 9.17) is 11.6 Å². The minimum absolute atomic E-state index is 0.0887. The highest BCUT2D eigenvalue weighted by Gasteiger charge is 2.16. The molecule has 0 unspecified atom stereocenters. The quantitative estimate of drug-likeness (QED) is 0.364. The topological polar surface area (TPSA) is 67.2 Å². The second-order valence-corrected chi connectivity index (χ2v) is 8.88. The molecule has 0 aliphatic carbocycles. The van der Waals surface area contributed by atoms with Gasteiger partial charge in [-0.25, -0.2) is 0 Å². The van der Waals surface area contributed by atoms with E-state index in [1.54, 1.807) is 22.9 Å². The van der Waals surface area contributed by atoms with Gasteiger partial charge in [0.05, 0.1) is 33.0 Å². The van der Waals surface area contributed by atoms with Gasteiger partial charge in [0.2, 0.25) is 5.88 Å². The van der Waals surface area contributed by atoms with Crippen LogP contribution >= 0.6 is 45.5 Å². The Bertz CT molecular complexity index is 1160. The minimum atomic E-state index is -0.286. The van der Waals surface area contributed by atoms with Crippen LogP contribution in [0.4, 0.5) is 5.69 Å². The molecule has 0 aliphatic rings. The highest BCUT2D eigenvalue weighted by atomic mass is 127. The SMILES string of the molecule is O=C(Nc1cncc2cn(Cc3cccc(I)c3)c(O)c12)c1ccc(Cl)s1. The van der Waals surface area contributed by atoms with E-state index in [1.165, 1.54) is 17.5 Å². The number of rotatable bonds is 4. The Balaban J connectivity index is 1.68. The molecule has 0 bridgehead atoms. The summed E-state index contributed by atoms with van der Waals surface area (Å²) in [6.45, 7) is 0.519. The van der Waals surface area contributed by atoms with Crippen LogP contribution in [0.15, 0.2) is 55.0 Å². The summed E-state index contributed by atoms with van der Waals surface area (Å²) >= 11 is 9.36. The first-order valence-electron chi connectivity index (χ1n) is 7.98. The molecule has 0 fully saturated rings. The highest BCUT2D eigenvalue weighted by Crippen LogP contribution is 2.34. The molecule has 0 saturated heterocycles. The van der Waals surface area contributed by atoms with Gasteiger partial charge in [0.15, 0.2) is 0 Å². The van der Waals surface area contributed by atoms with E-state index in [0.29, 0.717) is 26.8 Å². The van der Waals surface area contributed by atoms with Crippen LogP contribution in [0.3, 0.4) is 0 Å². The van der Waals surface area contributed by atoms with Crippen molar-refractivity contribution in [2.75, 3.05) is 5.32 Å². The van der Waals surface area contributed by atoms with Crippen LogP contribution in [0.2, 0.25) is 4.34 Å². The molecule has 4 aromatic rings. The van der Waals surface area contributed by atoms with Crippen molar-refractivity contribution in [2.24, 2.45) is 0 Å². The second-order valence-electron chi connectivity index (χ2n) is 5.92. The van der Waals surface area contributed by atoms with Crippen LogP contribution in [0.25, 0.3) is 10.8 Å². The van der Waals surface area contributed by atoms with E-state index in [9.17, 15) is 9.90 Å². The summed E-state index contributed by atoms with van der Waals surface area (Å²) in [5, 5.41) is 14.9. The average Bonchev–Trinajstić information content (AvgIpc) is 3.20. The van der Waals surface area contributed by atoms with Crippen LogP contribution in [0, 0.1) is 3.57 Å². The lowest BCUT2D eigenvalue weighted by Gasteiger charge is -2.07. The number of pyridine rings is 1. The summed E-state index contributed by atoms with van der Waals surface area (Å²) in [5.41, 5.74) is 1.53. The third-order valence-electron chi connectivity index (χ3n) is 4.05. The molecule has 4 rings (SSSR count). The predicted octanol–water partition coefficient (Wildman–Crippen LogP) is 5.36.